The smallest absolute Gasteiger partial charge is 0.165 e. The zero-order valence-corrected chi connectivity index (χ0v) is 29.1. The molecule has 7 aromatic rings. The topological polar surface area (TPSA) is 139 Å². The Morgan fingerprint density at radius 2 is 1.26 bits per heavy atom. The number of rotatable bonds is 7. The zero-order valence-electron chi connectivity index (χ0n) is 28.3. The second kappa shape index (κ2) is 13.0. The molecule has 0 bridgehead atoms. The number of imidazole rings is 2. The highest BCUT2D eigenvalue weighted by Gasteiger charge is 2.24. The van der Waals surface area contributed by atoms with Gasteiger partial charge in [0.05, 0.1) is 30.1 Å². The van der Waals surface area contributed by atoms with Crippen LogP contribution in [0, 0.1) is 5.92 Å². The van der Waals surface area contributed by atoms with Crippen LogP contribution < -0.4 is 14.5 Å². The molecular formula is C34H37ClN14O. The van der Waals surface area contributed by atoms with Crippen molar-refractivity contribution in [3.63, 3.8) is 0 Å². The van der Waals surface area contributed by atoms with Crippen LogP contribution in [0.25, 0.3) is 45.1 Å². The van der Waals surface area contributed by atoms with Crippen molar-refractivity contribution in [1.29, 1.82) is 0 Å². The van der Waals surface area contributed by atoms with E-state index in [0.717, 1.165) is 84.2 Å². The van der Waals surface area contributed by atoms with E-state index in [1.54, 1.807) is 21.9 Å². The molecule has 50 heavy (non-hydrogen) atoms. The first-order valence-corrected chi connectivity index (χ1v) is 16.9. The van der Waals surface area contributed by atoms with Gasteiger partial charge in [-0.05, 0) is 43.0 Å². The molecule has 0 atom stereocenters. The van der Waals surface area contributed by atoms with E-state index in [9.17, 15) is 0 Å². The minimum Gasteiger partial charge on any atom is -0.493 e. The molecular weight excluding hydrogens is 656 g/mol. The predicted octanol–water partition coefficient (Wildman–Crippen LogP) is 4.30. The van der Waals surface area contributed by atoms with Gasteiger partial charge in [-0.3, -0.25) is 9.36 Å². The van der Waals surface area contributed by atoms with E-state index < -0.39 is 0 Å². The lowest BCUT2D eigenvalue weighted by Gasteiger charge is -2.36. The van der Waals surface area contributed by atoms with Gasteiger partial charge in [-0.2, -0.15) is 10.2 Å². The summed E-state index contributed by atoms with van der Waals surface area (Å²) in [7, 11) is 7.65. The highest BCUT2D eigenvalue weighted by Crippen LogP contribution is 2.31. The molecule has 1 saturated carbocycles. The van der Waals surface area contributed by atoms with Crippen molar-refractivity contribution in [2.24, 2.45) is 34.1 Å². The number of aromatic nitrogens is 12. The van der Waals surface area contributed by atoms with Gasteiger partial charge >= 0.3 is 0 Å². The Kier molecular flexibility index (Phi) is 8.26. The number of piperazine rings is 1. The van der Waals surface area contributed by atoms with Crippen molar-refractivity contribution in [1.82, 2.24) is 58.6 Å². The number of nitrogens with zero attached hydrogens (tertiary/aromatic N) is 14. The van der Waals surface area contributed by atoms with Crippen molar-refractivity contribution < 1.29 is 4.74 Å². The summed E-state index contributed by atoms with van der Waals surface area (Å²) in [6, 6.07) is 8.51. The number of halogens is 1. The summed E-state index contributed by atoms with van der Waals surface area (Å²) in [4.78, 5) is 31.3. The van der Waals surface area contributed by atoms with Crippen LogP contribution in [0.5, 0.6) is 5.75 Å². The monoisotopic (exact) mass is 692 g/mol. The highest BCUT2D eigenvalue weighted by atomic mass is 35.5. The van der Waals surface area contributed by atoms with Crippen molar-refractivity contribution in [3.8, 4) is 28.5 Å². The lowest BCUT2D eigenvalue weighted by molar-refractivity contribution is 0.300. The van der Waals surface area contributed by atoms with Crippen molar-refractivity contribution in [2.45, 2.75) is 12.8 Å². The molecule has 2 aliphatic rings. The van der Waals surface area contributed by atoms with Gasteiger partial charge < -0.3 is 23.7 Å². The van der Waals surface area contributed by atoms with E-state index in [1.807, 2.05) is 55.9 Å². The quantitative estimate of drug-likeness (QED) is 0.221. The van der Waals surface area contributed by atoms with Crippen molar-refractivity contribution in [2.75, 3.05) is 42.6 Å². The number of fused-ring (bicyclic) bond motifs is 2. The summed E-state index contributed by atoms with van der Waals surface area (Å²) in [5.41, 5.74) is 6.12. The Labute approximate surface area is 293 Å². The number of ether oxygens (including phenoxy) is 1. The van der Waals surface area contributed by atoms with Crippen LogP contribution in [-0.2, 0) is 28.2 Å². The lowest BCUT2D eigenvalue weighted by atomic mass is 10.2. The van der Waals surface area contributed by atoms with Crippen molar-refractivity contribution in [3.05, 3.63) is 66.9 Å². The molecule has 256 valence electrons. The number of hydrogen-bond donors (Lipinski definition) is 0. The van der Waals surface area contributed by atoms with Crippen LogP contribution in [0.4, 0.5) is 11.5 Å². The standard InChI is InChI=1S/C24H28N8O.C10H9ClN6/c1-29-14-18(13-27-29)22-28-21-23(30(22)2)25-16-26-24(21)32-11-9-31(10-12-32)19-5-7-20(8-6-19)33-15-17-3-4-17;1-16-4-6(3-14-16)9-15-7-8(11)12-5-13-10(7)17(9)2/h5-8,13-14,16-17H,3-4,9-12,15H2,1-2H3;3-5H,1-2H3. The maximum absolute atomic E-state index is 5.99. The molecule has 1 saturated heterocycles. The summed E-state index contributed by atoms with van der Waals surface area (Å²) in [5.74, 6) is 4.25. The Balaban J connectivity index is 0.000000178. The first kappa shape index (κ1) is 31.7. The van der Waals surface area contributed by atoms with E-state index in [0.29, 0.717) is 16.3 Å². The maximum Gasteiger partial charge on any atom is 0.165 e. The Morgan fingerprint density at radius 3 is 1.82 bits per heavy atom. The number of anilines is 2. The van der Waals surface area contributed by atoms with E-state index in [2.05, 4.69) is 69.2 Å². The van der Waals surface area contributed by atoms with E-state index in [4.69, 9.17) is 21.3 Å². The largest absolute Gasteiger partial charge is 0.493 e. The second-order valence-electron chi connectivity index (χ2n) is 12.7. The normalized spacial score (nSPS) is 14.7. The third kappa shape index (κ3) is 6.19. The SMILES string of the molecule is Cn1cc(-c2nc3c(Cl)ncnc3n2C)cn1.Cn1cc(-c2nc3c(N4CCN(c5ccc(OCC6CC6)cc5)CC4)ncnc3n2C)cn1. The Hall–Kier alpha value is -5.57. The summed E-state index contributed by atoms with van der Waals surface area (Å²) in [5, 5.41) is 8.77. The fourth-order valence-corrected chi connectivity index (χ4v) is 6.38. The third-order valence-electron chi connectivity index (χ3n) is 9.14. The Morgan fingerprint density at radius 1 is 0.700 bits per heavy atom. The molecule has 0 unspecified atom stereocenters. The maximum atomic E-state index is 5.99. The van der Waals surface area contributed by atoms with Crippen molar-refractivity contribution >= 4 is 45.4 Å². The molecule has 1 aromatic carbocycles. The van der Waals surface area contributed by atoms with Crippen LogP contribution in [0.2, 0.25) is 5.15 Å². The molecule has 0 N–H and O–H groups in total. The van der Waals surface area contributed by atoms with Crippen LogP contribution in [0.1, 0.15) is 12.8 Å². The molecule has 1 aliphatic heterocycles. The molecule has 7 heterocycles. The molecule has 15 nitrogen and oxygen atoms in total. The molecule has 0 amide bonds. The Bertz CT molecular complexity index is 2270. The summed E-state index contributed by atoms with van der Waals surface area (Å²) in [6.07, 6.45) is 13.1. The fourth-order valence-electron chi connectivity index (χ4n) is 6.21. The van der Waals surface area contributed by atoms with Crippen LogP contribution >= 0.6 is 11.6 Å². The molecule has 16 heteroatoms. The third-order valence-corrected chi connectivity index (χ3v) is 9.41. The average molecular weight is 693 g/mol. The van der Waals surface area contributed by atoms with Gasteiger partial charge in [0, 0.05) is 72.5 Å². The second-order valence-corrected chi connectivity index (χ2v) is 13.1. The van der Waals surface area contributed by atoms with Gasteiger partial charge in [-0.1, -0.05) is 11.6 Å². The van der Waals surface area contributed by atoms with Gasteiger partial charge in [0.1, 0.15) is 35.6 Å². The van der Waals surface area contributed by atoms with Gasteiger partial charge in [0.15, 0.2) is 27.8 Å². The molecule has 2 fully saturated rings. The summed E-state index contributed by atoms with van der Waals surface area (Å²) >= 11 is 5.99. The van der Waals surface area contributed by atoms with Gasteiger partial charge in [-0.25, -0.2) is 29.9 Å². The minimum absolute atomic E-state index is 0.362. The highest BCUT2D eigenvalue weighted by molar-refractivity contribution is 6.33. The zero-order chi connectivity index (χ0) is 34.4. The summed E-state index contributed by atoms with van der Waals surface area (Å²) in [6.45, 7) is 4.46. The van der Waals surface area contributed by atoms with E-state index >= 15 is 0 Å². The first-order valence-electron chi connectivity index (χ1n) is 16.5. The predicted molar refractivity (Wildman–Crippen MR) is 191 cm³/mol. The minimum atomic E-state index is 0.362. The number of aryl methyl sites for hydroxylation is 4. The fraction of sp³-hybridized carbons (Fsp3) is 0.353. The average Bonchev–Trinajstić information content (AvgIpc) is 3.35. The van der Waals surface area contributed by atoms with E-state index in [-0.39, 0.29) is 0 Å². The molecule has 6 aromatic heterocycles. The molecule has 0 spiro atoms. The summed E-state index contributed by atoms with van der Waals surface area (Å²) < 4.78 is 13.3. The number of benzene rings is 1. The van der Waals surface area contributed by atoms with Gasteiger partial charge in [-0.15, -0.1) is 0 Å². The van der Waals surface area contributed by atoms with Crippen LogP contribution in [0.15, 0.2) is 61.7 Å². The molecule has 9 rings (SSSR count). The lowest BCUT2D eigenvalue weighted by Crippen LogP contribution is -2.47. The van der Waals surface area contributed by atoms with Crippen LogP contribution in [0.3, 0.4) is 0 Å². The first-order chi connectivity index (χ1) is 24.3. The van der Waals surface area contributed by atoms with Gasteiger partial charge in [0.25, 0.3) is 0 Å². The number of hydrogen-bond acceptors (Lipinski definition) is 11. The van der Waals surface area contributed by atoms with E-state index in [1.165, 1.54) is 24.9 Å². The molecule has 1 aliphatic carbocycles. The molecule has 0 radical (unpaired) electrons. The van der Waals surface area contributed by atoms with Gasteiger partial charge in [0.2, 0.25) is 0 Å². The van der Waals surface area contributed by atoms with Crippen LogP contribution in [-0.4, -0.2) is 91.4 Å².